The number of halogens is 5. The molecule has 2 aliphatic carbocycles. The Kier molecular flexibility index (Phi) is 4.01. The van der Waals surface area contributed by atoms with Crippen LogP contribution in [0.2, 0.25) is 0 Å². The highest BCUT2D eigenvalue weighted by Crippen LogP contribution is 2.41. The van der Waals surface area contributed by atoms with E-state index in [1.807, 2.05) is 0 Å². The van der Waals surface area contributed by atoms with Gasteiger partial charge in [0.25, 0.3) is 0 Å². The molecule has 0 radical (unpaired) electrons. The van der Waals surface area contributed by atoms with Crippen molar-refractivity contribution in [3.8, 4) is 0 Å². The van der Waals surface area contributed by atoms with E-state index in [4.69, 9.17) is 0 Å². The Bertz CT molecular complexity index is 420. The van der Waals surface area contributed by atoms with E-state index in [0.29, 0.717) is 12.8 Å². The van der Waals surface area contributed by atoms with Crippen molar-refractivity contribution in [3.05, 3.63) is 12.4 Å². The molecule has 0 amide bonds. The zero-order valence-corrected chi connectivity index (χ0v) is 12.3. The fourth-order valence-corrected chi connectivity index (χ4v) is 3.60. The summed E-state index contributed by atoms with van der Waals surface area (Å²) in [6, 6.07) is -0.0384. The lowest BCUT2D eigenvalue weighted by Crippen LogP contribution is -2.55. The van der Waals surface area contributed by atoms with Gasteiger partial charge in [-0.05, 0) is 38.0 Å². The summed E-state index contributed by atoms with van der Waals surface area (Å²) >= 11 is 0. The fraction of sp³-hybridized carbons (Fsp3) is 0.867. The smallest absolute Gasteiger partial charge is 0.348 e. The second-order valence-corrected chi connectivity index (χ2v) is 6.74. The zero-order chi connectivity index (χ0) is 16.0. The zero-order valence-electron chi connectivity index (χ0n) is 12.3. The summed E-state index contributed by atoms with van der Waals surface area (Å²) in [6.45, 7) is 0.208. The van der Waals surface area contributed by atoms with E-state index in [-0.39, 0.29) is 31.3 Å². The van der Waals surface area contributed by atoms with Crippen LogP contribution in [0.5, 0.6) is 0 Å². The highest BCUT2D eigenvalue weighted by atomic mass is 19.4. The molecule has 3 aliphatic rings. The van der Waals surface area contributed by atoms with Crippen LogP contribution >= 0.6 is 0 Å². The van der Waals surface area contributed by atoms with Crippen molar-refractivity contribution in [1.82, 2.24) is 9.80 Å². The first-order valence-corrected chi connectivity index (χ1v) is 7.92. The lowest BCUT2D eigenvalue weighted by molar-refractivity contribution is -0.214. The predicted molar refractivity (Wildman–Crippen MR) is 72.1 cm³/mol. The second-order valence-electron chi connectivity index (χ2n) is 6.74. The van der Waals surface area contributed by atoms with Crippen molar-refractivity contribution in [1.29, 1.82) is 0 Å². The maximum atomic E-state index is 13.4. The first-order chi connectivity index (χ1) is 10.3. The van der Waals surface area contributed by atoms with Crippen LogP contribution in [0, 0.1) is 5.92 Å². The van der Waals surface area contributed by atoms with Crippen LogP contribution in [0.1, 0.15) is 44.9 Å². The monoisotopic (exact) mass is 324 g/mol. The molecule has 1 unspecified atom stereocenters. The lowest BCUT2D eigenvalue weighted by Gasteiger charge is -2.43. The van der Waals surface area contributed by atoms with Gasteiger partial charge in [0.15, 0.2) is 6.17 Å². The quantitative estimate of drug-likeness (QED) is 0.713. The Balaban J connectivity index is 1.64. The van der Waals surface area contributed by atoms with Gasteiger partial charge >= 0.3 is 6.18 Å². The minimum Gasteiger partial charge on any atom is -0.348 e. The Morgan fingerprint density at radius 3 is 2.14 bits per heavy atom. The van der Waals surface area contributed by atoms with Gasteiger partial charge in [-0.1, -0.05) is 0 Å². The number of hydrogen-bond acceptors (Lipinski definition) is 2. The summed E-state index contributed by atoms with van der Waals surface area (Å²) in [5, 5.41) is 0. The third kappa shape index (κ3) is 3.18. The number of hydrogen-bond donors (Lipinski definition) is 0. The first-order valence-electron chi connectivity index (χ1n) is 7.92. The molecule has 126 valence electrons. The molecule has 2 fully saturated rings. The molecule has 0 saturated heterocycles. The molecular formula is C15H21F5N2. The van der Waals surface area contributed by atoms with E-state index in [1.54, 1.807) is 0 Å². The minimum atomic E-state index is -4.34. The van der Waals surface area contributed by atoms with Crippen molar-refractivity contribution >= 4 is 0 Å². The molecule has 0 N–H and O–H groups in total. The molecule has 0 spiro atoms. The molecular weight excluding hydrogens is 303 g/mol. The molecule has 2 nitrogen and oxygen atoms in total. The molecule has 0 bridgehead atoms. The van der Waals surface area contributed by atoms with Crippen LogP contribution in [0.25, 0.3) is 0 Å². The molecule has 1 aliphatic heterocycles. The van der Waals surface area contributed by atoms with E-state index in [9.17, 15) is 22.0 Å². The van der Waals surface area contributed by atoms with Crippen molar-refractivity contribution in [2.75, 3.05) is 6.54 Å². The Labute approximate surface area is 126 Å². The number of nitrogens with zero attached hydrogens (tertiary/aromatic N) is 2. The van der Waals surface area contributed by atoms with E-state index in [1.165, 1.54) is 22.2 Å². The topological polar surface area (TPSA) is 6.48 Å². The van der Waals surface area contributed by atoms with Gasteiger partial charge in [0, 0.05) is 37.8 Å². The van der Waals surface area contributed by atoms with E-state index in [2.05, 4.69) is 0 Å². The molecule has 1 heterocycles. The Hall–Kier alpha value is -1.01. The number of alkyl halides is 5. The average molecular weight is 324 g/mol. The van der Waals surface area contributed by atoms with Gasteiger partial charge < -0.3 is 9.80 Å². The highest BCUT2D eigenvalue weighted by Gasteiger charge is 2.51. The highest BCUT2D eigenvalue weighted by molar-refractivity contribution is 5.04. The molecule has 3 rings (SSSR count). The SMILES string of the molecule is FC1(F)CCC(CN2C=CN(C3CCC3)C2C(F)(F)F)CC1. The van der Waals surface area contributed by atoms with Gasteiger partial charge in [-0.15, -0.1) is 0 Å². The van der Waals surface area contributed by atoms with Crippen LogP contribution in [0.3, 0.4) is 0 Å². The lowest BCUT2D eigenvalue weighted by atomic mass is 9.86. The normalized spacial score (nSPS) is 30.0. The van der Waals surface area contributed by atoms with Crippen LogP contribution in [0.15, 0.2) is 12.4 Å². The maximum Gasteiger partial charge on any atom is 0.427 e. The summed E-state index contributed by atoms with van der Waals surface area (Å²) in [6.07, 6.45) is -0.216. The standard InChI is InChI=1S/C15H21F5N2/c16-14(17)6-4-11(5-7-14)10-21-8-9-22(12-2-1-3-12)13(21)15(18,19)20/h8-9,11-13H,1-7,10H2. The number of rotatable bonds is 3. The van der Waals surface area contributed by atoms with E-state index >= 15 is 0 Å². The Morgan fingerprint density at radius 2 is 1.64 bits per heavy atom. The van der Waals surface area contributed by atoms with Gasteiger partial charge in [0.05, 0.1) is 0 Å². The first kappa shape index (κ1) is 15.9. The van der Waals surface area contributed by atoms with Crippen molar-refractivity contribution in [2.24, 2.45) is 5.92 Å². The molecule has 1 atom stereocenters. The maximum absolute atomic E-state index is 13.4. The van der Waals surface area contributed by atoms with Crippen LogP contribution < -0.4 is 0 Å². The molecule has 22 heavy (non-hydrogen) atoms. The van der Waals surface area contributed by atoms with Gasteiger partial charge in [-0.2, -0.15) is 13.2 Å². The third-order valence-electron chi connectivity index (χ3n) is 5.12. The second kappa shape index (κ2) is 5.57. The average Bonchev–Trinajstić information content (AvgIpc) is 2.73. The molecule has 0 aromatic heterocycles. The van der Waals surface area contributed by atoms with Gasteiger partial charge in [0.2, 0.25) is 5.92 Å². The summed E-state index contributed by atoms with van der Waals surface area (Å²) in [5.74, 6) is -2.73. The summed E-state index contributed by atoms with van der Waals surface area (Å²) in [5.41, 5.74) is 0. The van der Waals surface area contributed by atoms with Crippen LogP contribution in [0.4, 0.5) is 22.0 Å². The summed E-state index contributed by atoms with van der Waals surface area (Å²) < 4.78 is 66.6. The molecule has 0 aromatic rings. The van der Waals surface area contributed by atoms with Crippen molar-refractivity contribution in [3.63, 3.8) is 0 Å². The third-order valence-corrected chi connectivity index (χ3v) is 5.12. The van der Waals surface area contributed by atoms with Crippen molar-refractivity contribution in [2.45, 2.75) is 69.3 Å². The minimum absolute atomic E-state index is 0.0384. The van der Waals surface area contributed by atoms with Gasteiger partial charge in [-0.3, -0.25) is 0 Å². The van der Waals surface area contributed by atoms with Gasteiger partial charge in [0.1, 0.15) is 0 Å². The molecule has 0 aromatic carbocycles. The van der Waals surface area contributed by atoms with Crippen molar-refractivity contribution < 1.29 is 22.0 Å². The summed E-state index contributed by atoms with van der Waals surface area (Å²) in [7, 11) is 0. The molecule has 2 saturated carbocycles. The predicted octanol–water partition coefficient (Wildman–Crippen LogP) is 4.34. The van der Waals surface area contributed by atoms with E-state index in [0.717, 1.165) is 19.3 Å². The van der Waals surface area contributed by atoms with Crippen LogP contribution in [-0.4, -0.2) is 40.7 Å². The van der Waals surface area contributed by atoms with E-state index < -0.39 is 18.3 Å². The largest absolute Gasteiger partial charge is 0.427 e. The van der Waals surface area contributed by atoms with Crippen LogP contribution in [-0.2, 0) is 0 Å². The Morgan fingerprint density at radius 1 is 1.00 bits per heavy atom. The van der Waals surface area contributed by atoms with Gasteiger partial charge in [-0.25, -0.2) is 8.78 Å². The molecule has 7 heteroatoms. The summed E-state index contributed by atoms with van der Waals surface area (Å²) in [4.78, 5) is 2.70. The fourth-order valence-electron chi connectivity index (χ4n) is 3.60.